The molecule has 5 rings (SSSR count). The lowest BCUT2D eigenvalue weighted by Crippen LogP contribution is -2.59. The molecule has 4 nitrogen and oxygen atoms in total. The predicted octanol–water partition coefficient (Wildman–Crippen LogP) is 4.89. The second-order valence-electron chi connectivity index (χ2n) is 10.5. The van der Waals surface area contributed by atoms with E-state index in [-0.39, 0.29) is 23.9 Å². The lowest BCUT2D eigenvalue weighted by Gasteiger charge is -2.61. The van der Waals surface area contributed by atoms with Gasteiger partial charge in [0.05, 0.1) is 12.5 Å². The minimum absolute atomic E-state index is 0.00299. The second-order valence-corrected chi connectivity index (χ2v) is 10.5. The van der Waals surface area contributed by atoms with Gasteiger partial charge < -0.3 is 9.47 Å². The topological polar surface area (TPSA) is 52.6 Å². The molecule has 5 saturated carbocycles. The predicted molar refractivity (Wildman–Crippen MR) is 98.6 cm³/mol. The molecule has 0 N–H and O–H groups in total. The van der Waals surface area contributed by atoms with E-state index in [0.717, 1.165) is 57.8 Å². The molecule has 0 amide bonds. The van der Waals surface area contributed by atoms with Crippen LogP contribution in [0, 0.1) is 29.1 Å². The summed E-state index contributed by atoms with van der Waals surface area (Å²) in [4.78, 5) is 24.5. The summed E-state index contributed by atoms with van der Waals surface area (Å²) in [5.41, 5.74) is -0.794. The van der Waals surface area contributed by atoms with Gasteiger partial charge in [-0.05, 0) is 82.0 Å². The highest BCUT2D eigenvalue weighted by Crippen LogP contribution is 2.63. The molecule has 6 heteroatoms. The normalized spacial score (nSPS) is 42.3. The maximum atomic E-state index is 13.2. The standard InChI is InChI=1S/C22H32F2O4/c1-14-3-5-17(6-4-14)18(25)28-22-10-15-7-16(11-22)9-21(8-15,12-22)13-27-19(26)20(2,23)24/h14-17H,3-13H2,1-2H3. The van der Waals surface area contributed by atoms with Crippen LogP contribution in [0.15, 0.2) is 0 Å². The van der Waals surface area contributed by atoms with Gasteiger partial charge in [-0.15, -0.1) is 0 Å². The van der Waals surface area contributed by atoms with Gasteiger partial charge in [-0.3, -0.25) is 4.79 Å². The molecule has 2 atom stereocenters. The molecule has 2 unspecified atom stereocenters. The maximum Gasteiger partial charge on any atom is 0.376 e. The molecule has 5 aliphatic rings. The molecule has 28 heavy (non-hydrogen) atoms. The third-order valence-corrected chi connectivity index (χ3v) is 7.66. The van der Waals surface area contributed by atoms with Crippen molar-refractivity contribution in [2.75, 3.05) is 6.61 Å². The molecule has 0 saturated heterocycles. The van der Waals surface area contributed by atoms with Crippen LogP contribution >= 0.6 is 0 Å². The summed E-state index contributed by atoms with van der Waals surface area (Å²) >= 11 is 0. The van der Waals surface area contributed by atoms with Crippen LogP contribution in [0.1, 0.15) is 78.1 Å². The third kappa shape index (κ3) is 3.93. The Morgan fingerprint density at radius 2 is 1.64 bits per heavy atom. The van der Waals surface area contributed by atoms with Gasteiger partial charge in [0.25, 0.3) is 0 Å². The van der Waals surface area contributed by atoms with Crippen molar-refractivity contribution in [2.45, 2.75) is 89.6 Å². The summed E-state index contributed by atoms with van der Waals surface area (Å²) in [6.07, 6.45) is 9.21. The van der Waals surface area contributed by atoms with Crippen molar-refractivity contribution in [1.29, 1.82) is 0 Å². The van der Waals surface area contributed by atoms with Gasteiger partial charge in [0.2, 0.25) is 0 Å². The Balaban J connectivity index is 1.43. The number of hydrogen-bond acceptors (Lipinski definition) is 4. The molecule has 0 aromatic rings. The van der Waals surface area contributed by atoms with Gasteiger partial charge in [-0.2, -0.15) is 8.78 Å². The van der Waals surface area contributed by atoms with Crippen molar-refractivity contribution in [3.63, 3.8) is 0 Å². The summed E-state index contributed by atoms with van der Waals surface area (Å²) in [6, 6.07) is 0. The summed E-state index contributed by atoms with van der Waals surface area (Å²) < 4.78 is 37.7. The molecule has 0 spiro atoms. The van der Waals surface area contributed by atoms with E-state index >= 15 is 0 Å². The molecule has 4 bridgehead atoms. The van der Waals surface area contributed by atoms with Crippen molar-refractivity contribution < 1.29 is 27.8 Å². The van der Waals surface area contributed by atoms with Crippen molar-refractivity contribution in [3.8, 4) is 0 Å². The second kappa shape index (κ2) is 6.94. The Labute approximate surface area is 165 Å². The number of halogens is 2. The Kier molecular flexibility index (Phi) is 4.98. The Bertz CT molecular complexity index is 619. The van der Waals surface area contributed by atoms with E-state index in [2.05, 4.69) is 6.92 Å². The van der Waals surface area contributed by atoms with E-state index in [0.29, 0.717) is 31.1 Å². The van der Waals surface area contributed by atoms with Crippen LogP contribution in [0.4, 0.5) is 8.78 Å². The van der Waals surface area contributed by atoms with Crippen LogP contribution < -0.4 is 0 Å². The van der Waals surface area contributed by atoms with E-state index in [1.165, 1.54) is 0 Å². The lowest BCUT2D eigenvalue weighted by atomic mass is 9.48. The van der Waals surface area contributed by atoms with E-state index in [1.807, 2.05) is 0 Å². The first-order valence-corrected chi connectivity index (χ1v) is 10.9. The van der Waals surface area contributed by atoms with Crippen molar-refractivity contribution in [1.82, 2.24) is 0 Å². The molecular formula is C22H32F2O4. The Morgan fingerprint density at radius 3 is 2.21 bits per heavy atom. The van der Waals surface area contributed by atoms with Crippen LogP contribution in [0.3, 0.4) is 0 Å². The van der Waals surface area contributed by atoms with Gasteiger partial charge in [0, 0.05) is 12.3 Å². The zero-order valence-corrected chi connectivity index (χ0v) is 17.0. The monoisotopic (exact) mass is 398 g/mol. The van der Waals surface area contributed by atoms with Crippen LogP contribution in [0.25, 0.3) is 0 Å². The number of carbonyl (C=O) groups excluding carboxylic acids is 2. The van der Waals surface area contributed by atoms with Gasteiger partial charge >= 0.3 is 17.9 Å². The average molecular weight is 398 g/mol. The van der Waals surface area contributed by atoms with E-state index in [4.69, 9.17) is 9.47 Å². The summed E-state index contributed by atoms with van der Waals surface area (Å²) in [5, 5.41) is 0. The minimum Gasteiger partial charge on any atom is -0.461 e. The molecular weight excluding hydrogens is 366 g/mol. The zero-order chi connectivity index (χ0) is 20.2. The lowest BCUT2D eigenvalue weighted by molar-refractivity contribution is -0.217. The quantitative estimate of drug-likeness (QED) is 0.619. The van der Waals surface area contributed by atoms with Crippen LogP contribution in [0.5, 0.6) is 0 Å². The number of alkyl halides is 2. The Morgan fingerprint density at radius 1 is 1.04 bits per heavy atom. The van der Waals surface area contributed by atoms with Crippen molar-refractivity contribution in [2.24, 2.45) is 29.1 Å². The largest absolute Gasteiger partial charge is 0.461 e. The first kappa shape index (κ1) is 20.1. The molecule has 0 aliphatic heterocycles. The molecule has 5 fully saturated rings. The average Bonchev–Trinajstić information content (AvgIpc) is 2.57. The number of esters is 2. The first-order chi connectivity index (χ1) is 13.1. The zero-order valence-electron chi connectivity index (χ0n) is 17.0. The van der Waals surface area contributed by atoms with Gasteiger partial charge in [0.15, 0.2) is 0 Å². The third-order valence-electron chi connectivity index (χ3n) is 7.66. The number of carbonyl (C=O) groups is 2. The highest BCUT2D eigenvalue weighted by Gasteiger charge is 2.60. The summed E-state index contributed by atoms with van der Waals surface area (Å²) in [6.45, 7) is 2.82. The van der Waals surface area contributed by atoms with Crippen LogP contribution in [-0.2, 0) is 19.1 Å². The molecule has 0 aromatic heterocycles. The van der Waals surface area contributed by atoms with Gasteiger partial charge in [-0.1, -0.05) is 6.92 Å². The van der Waals surface area contributed by atoms with Crippen LogP contribution in [0.2, 0.25) is 0 Å². The fourth-order valence-corrected chi connectivity index (χ4v) is 6.79. The van der Waals surface area contributed by atoms with Crippen molar-refractivity contribution >= 4 is 11.9 Å². The highest BCUT2D eigenvalue weighted by atomic mass is 19.3. The fourth-order valence-electron chi connectivity index (χ4n) is 6.79. The fraction of sp³-hybridized carbons (Fsp3) is 0.909. The maximum absolute atomic E-state index is 13.2. The first-order valence-electron chi connectivity index (χ1n) is 10.9. The van der Waals surface area contributed by atoms with E-state index in [1.54, 1.807) is 0 Å². The number of ether oxygens (including phenoxy) is 2. The molecule has 0 radical (unpaired) electrons. The van der Waals surface area contributed by atoms with Gasteiger partial charge in [-0.25, -0.2) is 4.79 Å². The molecule has 0 aromatic carbocycles. The molecule has 5 aliphatic carbocycles. The summed E-state index contributed by atoms with van der Waals surface area (Å²) in [7, 11) is 0. The number of hydrogen-bond donors (Lipinski definition) is 0. The van der Waals surface area contributed by atoms with Crippen molar-refractivity contribution in [3.05, 3.63) is 0 Å². The highest BCUT2D eigenvalue weighted by molar-refractivity contribution is 5.77. The van der Waals surface area contributed by atoms with E-state index < -0.39 is 17.5 Å². The number of rotatable bonds is 5. The van der Waals surface area contributed by atoms with Gasteiger partial charge in [0.1, 0.15) is 5.60 Å². The van der Waals surface area contributed by atoms with Crippen LogP contribution in [-0.4, -0.2) is 30.1 Å². The minimum atomic E-state index is -3.47. The molecule has 158 valence electrons. The SMILES string of the molecule is CC1CCC(C(=O)OC23CC4CC(CC(COC(=O)C(C)(F)F)(C4)C2)C3)CC1. The Hall–Kier alpha value is -1.20. The molecule has 0 heterocycles. The summed E-state index contributed by atoms with van der Waals surface area (Å²) in [5.74, 6) is -3.45. The van der Waals surface area contributed by atoms with E-state index in [9.17, 15) is 18.4 Å². The smallest absolute Gasteiger partial charge is 0.376 e.